The maximum Gasteiger partial charge on any atom is 0.216 e. The van der Waals surface area contributed by atoms with Crippen LogP contribution in [0.1, 0.15) is 19.8 Å². The standard InChI is InChI=1S/C9H17NO3/c1-7-4-3-5-10(6-8(7)11)9(12)13-2/h7,9,12H,3-6H2,1-2H3. The number of nitrogens with zero attached hydrogens (tertiary/aromatic N) is 1. The van der Waals surface area contributed by atoms with Crippen LogP contribution in [0.2, 0.25) is 0 Å². The summed E-state index contributed by atoms with van der Waals surface area (Å²) in [5.74, 6) is 0.308. The quantitative estimate of drug-likeness (QED) is 0.628. The summed E-state index contributed by atoms with van der Waals surface area (Å²) in [5, 5.41) is 9.36. The molecule has 0 aromatic rings. The Labute approximate surface area is 78.5 Å². The first kappa shape index (κ1) is 10.6. The van der Waals surface area contributed by atoms with E-state index in [9.17, 15) is 9.90 Å². The largest absolute Gasteiger partial charge is 0.356 e. The van der Waals surface area contributed by atoms with Gasteiger partial charge in [0, 0.05) is 19.6 Å². The van der Waals surface area contributed by atoms with Gasteiger partial charge in [-0.25, -0.2) is 4.90 Å². The third-order valence-corrected chi connectivity index (χ3v) is 2.51. The highest BCUT2D eigenvalue weighted by Gasteiger charge is 2.24. The van der Waals surface area contributed by atoms with Crippen LogP contribution in [-0.2, 0) is 9.53 Å². The highest BCUT2D eigenvalue weighted by molar-refractivity contribution is 5.82. The number of likely N-dealkylation sites (tertiary alicyclic amines) is 1. The molecule has 2 unspecified atom stereocenters. The molecule has 0 bridgehead atoms. The smallest absolute Gasteiger partial charge is 0.216 e. The third-order valence-electron chi connectivity index (χ3n) is 2.51. The molecular formula is C9H17NO3. The van der Waals surface area contributed by atoms with Gasteiger partial charge in [0.1, 0.15) is 5.78 Å². The number of hydrogen-bond donors (Lipinski definition) is 1. The second-order valence-electron chi connectivity index (χ2n) is 3.54. The van der Waals surface area contributed by atoms with Gasteiger partial charge in [-0.3, -0.25) is 4.79 Å². The number of ether oxygens (including phenoxy) is 1. The van der Waals surface area contributed by atoms with Crippen molar-refractivity contribution < 1.29 is 14.6 Å². The number of aliphatic hydroxyl groups excluding tert-OH is 1. The molecule has 0 saturated carbocycles. The zero-order chi connectivity index (χ0) is 9.84. The zero-order valence-corrected chi connectivity index (χ0v) is 8.19. The lowest BCUT2D eigenvalue weighted by Gasteiger charge is -2.23. The summed E-state index contributed by atoms with van der Waals surface area (Å²) in [6.45, 7) is 2.96. The van der Waals surface area contributed by atoms with Gasteiger partial charge in [-0.2, -0.15) is 0 Å². The molecule has 4 nitrogen and oxygen atoms in total. The minimum absolute atomic E-state index is 0.119. The fraction of sp³-hybridized carbons (Fsp3) is 0.889. The first-order chi connectivity index (χ1) is 6.15. The average Bonchev–Trinajstić information content (AvgIpc) is 2.28. The van der Waals surface area contributed by atoms with Crippen molar-refractivity contribution in [1.29, 1.82) is 0 Å². The van der Waals surface area contributed by atoms with Crippen LogP contribution >= 0.6 is 0 Å². The van der Waals surface area contributed by atoms with Gasteiger partial charge in [-0.1, -0.05) is 6.92 Å². The Bertz CT molecular complexity index is 184. The van der Waals surface area contributed by atoms with E-state index >= 15 is 0 Å². The second-order valence-corrected chi connectivity index (χ2v) is 3.54. The molecule has 1 saturated heterocycles. The summed E-state index contributed by atoms with van der Waals surface area (Å²) in [6, 6.07) is 0. The first-order valence-corrected chi connectivity index (χ1v) is 4.62. The Morgan fingerprint density at radius 3 is 3.00 bits per heavy atom. The molecule has 1 heterocycles. The lowest BCUT2D eigenvalue weighted by Crippen LogP contribution is -2.40. The Morgan fingerprint density at radius 2 is 2.38 bits per heavy atom. The van der Waals surface area contributed by atoms with E-state index in [4.69, 9.17) is 4.74 Å². The molecule has 4 heteroatoms. The number of hydrogen-bond acceptors (Lipinski definition) is 4. The Kier molecular flexibility index (Phi) is 3.84. The summed E-state index contributed by atoms with van der Waals surface area (Å²) in [7, 11) is 1.43. The summed E-state index contributed by atoms with van der Waals surface area (Å²) >= 11 is 0. The fourth-order valence-electron chi connectivity index (χ4n) is 1.53. The highest BCUT2D eigenvalue weighted by atomic mass is 16.6. The van der Waals surface area contributed by atoms with E-state index in [0.29, 0.717) is 6.54 Å². The third kappa shape index (κ3) is 2.76. The topological polar surface area (TPSA) is 49.8 Å². The van der Waals surface area contributed by atoms with Crippen molar-refractivity contribution in [2.24, 2.45) is 5.92 Å². The van der Waals surface area contributed by atoms with Gasteiger partial charge >= 0.3 is 0 Å². The number of rotatable bonds is 2. The molecule has 0 radical (unpaired) electrons. The first-order valence-electron chi connectivity index (χ1n) is 4.62. The Balaban J connectivity index is 2.53. The van der Waals surface area contributed by atoms with Crippen molar-refractivity contribution in [2.45, 2.75) is 26.2 Å². The van der Waals surface area contributed by atoms with Crippen LogP contribution in [0.15, 0.2) is 0 Å². The molecule has 0 amide bonds. The second kappa shape index (κ2) is 4.69. The maximum absolute atomic E-state index is 11.4. The van der Waals surface area contributed by atoms with Crippen molar-refractivity contribution in [1.82, 2.24) is 4.90 Å². The minimum Gasteiger partial charge on any atom is -0.356 e. The van der Waals surface area contributed by atoms with Crippen LogP contribution in [-0.4, -0.2) is 42.4 Å². The molecule has 1 aliphatic rings. The van der Waals surface area contributed by atoms with Gasteiger partial charge in [-0.05, 0) is 12.8 Å². The average molecular weight is 187 g/mol. The van der Waals surface area contributed by atoms with Gasteiger partial charge in [0.25, 0.3) is 0 Å². The van der Waals surface area contributed by atoms with Gasteiger partial charge in [0.15, 0.2) is 0 Å². The van der Waals surface area contributed by atoms with Crippen molar-refractivity contribution >= 4 is 5.78 Å². The maximum atomic E-state index is 11.4. The number of Topliss-reactive ketones (excluding diaryl/α,β-unsaturated/α-hetero) is 1. The van der Waals surface area contributed by atoms with Crippen LogP contribution in [0.3, 0.4) is 0 Å². The Morgan fingerprint density at radius 1 is 1.69 bits per heavy atom. The molecular weight excluding hydrogens is 170 g/mol. The number of carbonyl (C=O) groups excluding carboxylic acids is 1. The van der Waals surface area contributed by atoms with Gasteiger partial charge < -0.3 is 9.84 Å². The number of aliphatic hydroxyl groups is 1. The number of ketones is 1. The van der Waals surface area contributed by atoms with E-state index in [0.717, 1.165) is 19.4 Å². The molecule has 2 atom stereocenters. The van der Waals surface area contributed by atoms with Crippen LogP contribution in [0.5, 0.6) is 0 Å². The van der Waals surface area contributed by atoms with Gasteiger partial charge in [0.2, 0.25) is 6.41 Å². The van der Waals surface area contributed by atoms with Gasteiger partial charge in [-0.15, -0.1) is 0 Å². The predicted molar refractivity (Wildman–Crippen MR) is 48.0 cm³/mol. The molecule has 0 aromatic heterocycles. The predicted octanol–water partition coefficient (Wildman–Crippen LogP) is 0.210. The monoisotopic (exact) mass is 187 g/mol. The minimum atomic E-state index is -0.936. The van der Waals surface area contributed by atoms with Crippen LogP contribution < -0.4 is 0 Å². The van der Waals surface area contributed by atoms with Crippen molar-refractivity contribution in [2.75, 3.05) is 20.2 Å². The number of methoxy groups -OCH3 is 1. The molecule has 1 N–H and O–H groups in total. The zero-order valence-electron chi connectivity index (χ0n) is 8.19. The SMILES string of the molecule is COC(O)N1CCCC(C)C(=O)C1. The van der Waals surface area contributed by atoms with E-state index < -0.39 is 6.41 Å². The van der Waals surface area contributed by atoms with Crippen molar-refractivity contribution in [3.05, 3.63) is 0 Å². The molecule has 1 aliphatic heterocycles. The van der Waals surface area contributed by atoms with E-state index in [-0.39, 0.29) is 11.7 Å². The fourth-order valence-corrected chi connectivity index (χ4v) is 1.53. The molecule has 0 aliphatic carbocycles. The molecule has 76 valence electrons. The lowest BCUT2D eigenvalue weighted by atomic mass is 10.0. The molecule has 1 rings (SSSR count). The summed E-state index contributed by atoms with van der Waals surface area (Å²) < 4.78 is 4.76. The molecule has 0 aromatic carbocycles. The summed E-state index contributed by atoms with van der Waals surface area (Å²) in [6.07, 6.45) is 0.910. The summed E-state index contributed by atoms with van der Waals surface area (Å²) in [5.41, 5.74) is 0. The van der Waals surface area contributed by atoms with E-state index in [2.05, 4.69) is 0 Å². The Hall–Kier alpha value is -0.450. The summed E-state index contributed by atoms with van der Waals surface area (Å²) in [4.78, 5) is 13.1. The molecule has 0 spiro atoms. The van der Waals surface area contributed by atoms with E-state index in [1.165, 1.54) is 7.11 Å². The molecule has 1 fully saturated rings. The van der Waals surface area contributed by atoms with Crippen molar-refractivity contribution in [3.8, 4) is 0 Å². The van der Waals surface area contributed by atoms with Crippen LogP contribution in [0.25, 0.3) is 0 Å². The number of carbonyl (C=O) groups is 1. The van der Waals surface area contributed by atoms with Crippen LogP contribution in [0.4, 0.5) is 0 Å². The normalized spacial score (nSPS) is 28.5. The van der Waals surface area contributed by atoms with Gasteiger partial charge in [0.05, 0.1) is 6.54 Å². The lowest BCUT2D eigenvalue weighted by molar-refractivity contribution is -0.177. The van der Waals surface area contributed by atoms with E-state index in [1.54, 1.807) is 4.90 Å². The van der Waals surface area contributed by atoms with Crippen LogP contribution in [0, 0.1) is 5.92 Å². The van der Waals surface area contributed by atoms with E-state index in [1.807, 2.05) is 6.92 Å². The van der Waals surface area contributed by atoms with Crippen molar-refractivity contribution in [3.63, 3.8) is 0 Å². The highest BCUT2D eigenvalue weighted by Crippen LogP contribution is 2.14. The molecule has 13 heavy (non-hydrogen) atoms.